The first-order valence-electron chi connectivity index (χ1n) is 9.47. The van der Waals surface area contributed by atoms with Gasteiger partial charge in [-0.15, -0.1) is 0 Å². The van der Waals surface area contributed by atoms with Crippen LogP contribution in [0.15, 0.2) is 0 Å². The summed E-state index contributed by atoms with van der Waals surface area (Å²) in [4.78, 5) is 10.4. The van der Waals surface area contributed by atoms with Gasteiger partial charge in [-0.3, -0.25) is 4.79 Å². The fraction of sp³-hybridized carbons (Fsp3) is 0.947. The normalized spacial score (nSPS) is 14.0. The number of carboxylic acid groups (broad SMARTS) is 1. The Morgan fingerprint density at radius 1 is 0.818 bits per heavy atom. The molecule has 0 rings (SSSR count). The maximum Gasteiger partial charge on any atom is 0.303 e. The van der Waals surface area contributed by atoms with Crippen LogP contribution in [0.2, 0.25) is 0 Å². The van der Waals surface area contributed by atoms with Gasteiger partial charge in [-0.2, -0.15) is 0 Å². The topological polar surface area (TPSA) is 57.5 Å². The predicted molar refractivity (Wildman–Crippen MR) is 93.1 cm³/mol. The molecule has 0 bridgehead atoms. The van der Waals surface area contributed by atoms with Crippen molar-refractivity contribution in [2.75, 3.05) is 0 Å². The molecule has 0 aliphatic heterocycles. The monoisotopic (exact) mass is 314 g/mol. The number of hydrogen-bond donors (Lipinski definition) is 2. The van der Waals surface area contributed by atoms with Crippen molar-refractivity contribution >= 4 is 5.97 Å². The Morgan fingerprint density at radius 3 is 1.91 bits per heavy atom. The van der Waals surface area contributed by atoms with Crippen molar-refractivity contribution in [2.24, 2.45) is 5.92 Å². The first-order chi connectivity index (χ1) is 10.6. The van der Waals surface area contributed by atoms with Crippen molar-refractivity contribution in [3.05, 3.63) is 0 Å². The Kier molecular flexibility index (Phi) is 14.9. The van der Waals surface area contributed by atoms with E-state index in [-0.39, 0.29) is 12.5 Å². The zero-order valence-corrected chi connectivity index (χ0v) is 14.9. The molecule has 0 radical (unpaired) electrons. The van der Waals surface area contributed by atoms with Crippen LogP contribution < -0.4 is 0 Å². The molecule has 2 atom stereocenters. The van der Waals surface area contributed by atoms with Gasteiger partial charge < -0.3 is 10.2 Å². The molecule has 0 saturated carbocycles. The molecule has 0 heterocycles. The maximum atomic E-state index is 10.4. The summed E-state index contributed by atoms with van der Waals surface area (Å²) in [5.74, 6) is -0.280. The lowest BCUT2D eigenvalue weighted by Crippen LogP contribution is -2.17. The number of aliphatic hydroxyl groups is 1. The highest BCUT2D eigenvalue weighted by atomic mass is 16.4. The summed E-state index contributed by atoms with van der Waals surface area (Å²) in [5, 5.41) is 18.7. The van der Waals surface area contributed by atoms with Crippen LogP contribution in [0.4, 0.5) is 0 Å². The molecule has 0 spiro atoms. The molecule has 3 heteroatoms. The molecule has 0 saturated heterocycles. The van der Waals surface area contributed by atoms with Crippen LogP contribution in [0.25, 0.3) is 0 Å². The van der Waals surface area contributed by atoms with E-state index in [0.717, 1.165) is 44.9 Å². The van der Waals surface area contributed by atoms with E-state index in [1.807, 2.05) is 0 Å². The molecule has 0 aliphatic rings. The van der Waals surface area contributed by atoms with Gasteiger partial charge >= 0.3 is 5.97 Å². The van der Waals surface area contributed by atoms with Crippen LogP contribution in [0.3, 0.4) is 0 Å². The van der Waals surface area contributed by atoms with E-state index in [0.29, 0.717) is 5.92 Å². The van der Waals surface area contributed by atoms with Crippen LogP contribution in [-0.4, -0.2) is 22.3 Å². The van der Waals surface area contributed by atoms with E-state index in [4.69, 9.17) is 5.11 Å². The first-order valence-corrected chi connectivity index (χ1v) is 9.47. The van der Waals surface area contributed by atoms with Crippen molar-refractivity contribution in [1.29, 1.82) is 0 Å². The number of carbonyl (C=O) groups is 1. The smallest absolute Gasteiger partial charge is 0.303 e. The Hall–Kier alpha value is -0.570. The van der Waals surface area contributed by atoms with Crippen LogP contribution in [0, 0.1) is 5.92 Å². The van der Waals surface area contributed by atoms with Crippen LogP contribution in [0.5, 0.6) is 0 Å². The minimum absolute atomic E-state index is 0.158. The third-order valence-electron chi connectivity index (χ3n) is 4.56. The predicted octanol–water partition coefficient (Wildman–Crippen LogP) is 5.55. The molecule has 0 aromatic heterocycles. The molecule has 0 aromatic carbocycles. The highest BCUT2D eigenvalue weighted by molar-refractivity contribution is 5.66. The van der Waals surface area contributed by atoms with E-state index in [1.165, 1.54) is 38.5 Å². The van der Waals surface area contributed by atoms with Gasteiger partial charge in [0.15, 0.2) is 0 Å². The van der Waals surface area contributed by atoms with Gasteiger partial charge in [0.05, 0.1) is 6.10 Å². The summed E-state index contributed by atoms with van der Waals surface area (Å²) in [5.41, 5.74) is 0. The van der Waals surface area contributed by atoms with Crippen molar-refractivity contribution in [3.8, 4) is 0 Å². The fourth-order valence-electron chi connectivity index (χ4n) is 2.88. The lowest BCUT2D eigenvalue weighted by atomic mass is 9.93. The minimum Gasteiger partial charge on any atom is -0.481 e. The lowest BCUT2D eigenvalue weighted by Gasteiger charge is -2.18. The van der Waals surface area contributed by atoms with Gasteiger partial charge in [-0.1, -0.05) is 78.1 Å². The van der Waals surface area contributed by atoms with Gasteiger partial charge in [0, 0.05) is 6.42 Å². The van der Waals surface area contributed by atoms with Crippen LogP contribution in [-0.2, 0) is 4.79 Å². The quantitative estimate of drug-likeness (QED) is 0.367. The Balaban J connectivity index is 3.38. The van der Waals surface area contributed by atoms with Gasteiger partial charge in [0.25, 0.3) is 0 Å². The van der Waals surface area contributed by atoms with Gasteiger partial charge in [0.1, 0.15) is 0 Å². The number of carboxylic acids is 1. The molecule has 132 valence electrons. The van der Waals surface area contributed by atoms with Crippen molar-refractivity contribution in [1.82, 2.24) is 0 Å². The zero-order chi connectivity index (χ0) is 16.6. The highest BCUT2D eigenvalue weighted by Gasteiger charge is 2.13. The Bertz CT molecular complexity index is 253. The van der Waals surface area contributed by atoms with E-state index >= 15 is 0 Å². The second-order valence-electron chi connectivity index (χ2n) is 6.80. The minimum atomic E-state index is -0.695. The van der Waals surface area contributed by atoms with E-state index < -0.39 is 5.97 Å². The van der Waals surface area contributed by atoms with Gasteiger partial charge in [-0.05, 0) is 25.2 Å². The molecule has 0 fully saturated rings. The third kappa shape index (κ3) is 14.4. The summed E-state index contributed by atoms with van der Waals surface area (Å²) >= 11 is 0. The average Bonchev–Trinajstić information content (AvgIpc) is 2.49. The third-order valence-corrected chi connectivity index (χ3v) is 4.56. The van der Waals surface area contributed by atoms with Gasteiger partial charge in [-0.25, -0.2) is 0 Å². The SMILES string of the molecule is CCCCCCCC[C@@H](C)C(O)CCCCCCCC(=O)O. The fourth-order valence-corrected chi connectivity index (χ4v) is 2.88. The zero-order valence-electron chi connectivity index (χ0n) is 14.9. The molecule has 0 aliphatic carbocycles. The van der Waals surface area contributed by atoms with E-state index in [9.17, 15) is 9.90 Å². The van der Waals surface area contributed by atoms with E-state index in [2.05, 4.69) is 13.8 Å². The summed E-state index contributed by atoms with van der Waals surface area (Å²) in [6, 6.07) is 0. The van der Waals surface area contributed by atoms with Crippen LogP contribution >= 0.6 is 0 Å². The second-order valence-corrected chi connectivity index (χ2v) is 6.80. The van der Waals surface area contributed by atoms with Crippen molar-refractivity contribution in [3.63, 3.8) is 0 Å². The maximum absolute atomic E-state index is 10.4. The molecule has 0 amide bonds. The number of hydrogen-bond acceptors (Lipinski definition) is 2. The summed E-state index contributed by atoms with van der Waals surface area (Å²) < 4.78 is 0. The van der Waals surface area contributed by atoms with E-state index in [1.54, 1.807) is 0 Å². The molecule has 3 nitrogen and oxygen atoms in total. The average molecular weight is 315 g/mol. The number of aliphatic carboxylic acids is 1. The standard InChI is InChI=1S/C19H38O3/c1-3-4-5-6-8-11-14-17(2)18(20)15-12-9-7-10-13-16-19(21)22/h17-18,20H,3-16H2,1-2H3,(H,21,22)/t17-,18?/m1/s1. The molecular weight excluding hydrogens is 276 g/mol. The van der Waals surface area contributed by atoms with Crippen LogP contribution in [0.1, 0.15) is 104 Å². The number of unbranched alkanes of at least 4 members (excludes halogenated alkanes) is 9. The molecule has 1 unspecified atom stereocenters. The molecular formula is C19H38O3. The largest absolute Gasteiger partial charge is 0.481 e. The molecule has 0 aromatic rings. The Labute approximate surface area is 137 Å². The summed E-state index contributed by atoms with van der Waals surface area (Å²) in [6.07, 6.45) is 15.1. The summed E-state index contributed by atoms with van der Waals surface area (Å²) in [6.45, 7) is 4.41. The number of aliphatic hydroxyl groups excluding tert-OH is 1. The number of rotatable bonds is 16. The lowest BCUT2D eigenvalue weighted by molar-refractivity contribution is -0.137. The molecule has 2 N–H and O–H groups in total. The Morgan fingerprint density at radius 2 is 1.32 bits per heavy atom. The highest BCUT2D eigenvalue weighted by Crippen LogP contribution is 2.19. The summed E-state index contributed by atoms with van der Waals surface area (Å²) in [7, 11) is 0. The second kappa shape index (κ2) is 15.3. The first kappa shape index (κ1) is 21.4. The van der Waals surface area contributed by atoms with Crippen molar-refractivity contribution < 1.29 is 15.0 Å². The molecule has 22 heavy (non-hydrogen) atoms. The van der Waals surface area contributed by atoms with Crippen molar-refractivity contribution in [2.45, 2.75) is 110 Å². The van der Waals surface area contributed by atoms with Gasteiger partial charge in [0.2, 0.25) is 0 Å².